The molecule has 1 aliphatic rings. The van der Waals surface area contributed by atoms with E-state index in [0.29, 0.717) is 5.52 Å². The van der Waals surface area contributed by atoms with Crippen LogP contribution in [0.3, 0.4) is 0 Å². The summed E-state index contributed by atoms with van der Waals surface area (Å²) in [7, 11) is 0. The van der Waals surface area contributed by atoms with Gasteiger partial charge in [0.15, 0.2) is 0 Å². The van der Waals surface area contributed by atoms with Gasteiger partial charge in [-0.25, -0.2) is 4.52 Å². The molecule has 0 N–H and O–H groups in total. The van der Waals surface area contributed by atoms with Gasteiger partial charge in [-0.3, -0.25) is 4.79 Å². The molecule has 3 rings (SSSR count). The fraction of sp³-hybridized carbons (Fsp3) is 0.500. The van der Waals surface area contributed by atoms with Gasteiger partial charge in [0.1, 0.15) is 5.52 Å². The van der Waals surface area contributed by atoms with Crippen molar-refractivity contribution in [3.63, 3.8) is 0 Å². The Bertz CT molecular complexity index is 624. The Balaban J connectivity index is 2.05. The van der Waals surface area contributed by atoms with Crippen LogP contribution in [0.1, 0.15) is 18.5 Å². The fourth-order valence-electron chi connectivity index (χ4n) is 2.18. The second kappa shape index (κ2) is 3.63. The predicted octanol–water partition coefficient (Wildman–Crippen LogP) is 1.51. The van der Waals surface area contributed by atoms with Gasteiger partial charge in [0.05, 0.1) is 5.69 Å². The first-order valence-corrected chi connectivity index (χ1v) is 6.43. The van der Waals surface area contributed by atoms with Crippen LogP contribution in [-0.4, -0.2) is 19.9 Å². The average molecular weight is 249 g/mol. The van der Waals surface area contributed by atoms with Crippen molar-refractivity contribution in [2.45, 2.75) is 26.3 Å². The molecule has 0 saturated heterocycles. The predicted molar refractivity (Wildman–Crippen MR) is 69.7 cm³/mol. The number of aryl methyl sites for hydroxylation is 1. The van der Waals surface area contributed by atoms with Crippen molar-refractivity contribution in [3.05, 3.63) is 34.5 Å². The molecule has 0 spiro atoms. The number of thiol groups is 1. The van der Waals surface area contributed by atoms with Gasteiger partial charge in [-0.15, -0.1) is 0 Å². The number of fused-ring (bicyclic) bond motifs is 1. The monoisotopic (exact) mass is 249 g/mol. The number of rotatable bonds is 3. The van der Waals surface area contributed by atoms with Gasteiger partial charge in [-0.1, -0.05) is 0 Å². The maximum Gasteiger partial charge on any atom is 0.276 e. The lowest BCUT2D eigenvalue weighted by molar-refractivity contribution is 0.463. The Hall–Kier alpha value is -1.23. The van der Waals surface area contributed by atoms with E-state index in [-0.39, 0.29) is 11.0 Å². The van der Waals surface area contributed by atoms with Gasteiger partial charge >= 0.3 is 0 Å². The molecule has 0 amide bonds. The van der Waals surface area contributed by atoms with E-state index in [9.17, 15) is 4.79 Å². The number of hydrogen-bond acceptors (Lipinski definition) is 3. The van der Waals surface area contributed by atoms with Gasteiger partial charge < -0.3 is 4.57 Å². The average Bonchev–Trinajstić information content (AvgIpc) is 2.98. The van der Waals surface area contributed by atoms with Gasteiger partial charge in [0.25, 0.3) is 5.56 Å². The van der Waals surface area contributed by atoms with E-state index < -0.39 is 0 Å². The molecule has 0 bridgehead atoms. The SMILES string of the molecule is Cc1cc2c(=O)n(CC3(CS)CC3)ccn2n1. The first-order valence-electron chi connectivity index (χ1n) is 5.80. The molecule has 90 valence electrons. The second-order valence-electron chi connectivity index (χ2n) is 5.00. The van der Waals surface area contributed by atoms with E-state index >= 15 is 0 Å². The van der Waals surface area contributed by atoms with Crippen molar-refractivity contribution in [3.8, 4) is 0 Å². The zero-order chi connectivity index (χ0) is 12.0. The van der Waals surface area contributed by atoms with Gasteiger partial charge in [0.2, 0.25) is 0 Å². The highest BCUT2D eigenvalue weighted by atomic mass is 32.1. The molecule has 0 aromatic carbocycles. The van der Waals surface area contributed by atoms with Crippen molar-refractivity contribution in [2.24, 2.45) is 5.41 Å². The van der Waals surface area contributed by atoms with Crippen molar-refractivity contribution in [1.29, 1.82) is 0 Å². The zero-order valence-electron chi connectivity index (χ0n) is 9.76. The molecule has 2 aromatic heterocycles. The van der Waals surface area contributed by atoms with E-state index in [1.165, 1.54) is 12.8 Å². The van der Waals surface area contributed by atoms with Crippen molar-refractivity contribution in [2.75, 3.05) is 5.75 Å². The van der Waals surface area contributed by atoms with Crippen LogP contribution in [0.5, 0.6) is 0 Å². The van der Waals surface area contributed by atoms with Crippen LogP contribution in [0.25, 0.3) is 5.52 Å². The highest BCUT2D eigenvalue weighted by Crippen LogP contribution is 2.47. The van der Waals surface area contributed by atoms with Crippen molar-refractivity contribution in [1.82, 2.24) is 14.2 Å². The Morgan fingerprint density at radius 3 is 2.88 bits per heavy atom. The molecule has 0 radical (unpaired) electrons. The molecule has 5 heteroatoms. The van der Waals surface area contributed by atoms with Crippen LogP contribution in [0.15, 0.2) is 23.3 Å². The van der Waals surface area contributed by atoms with E-state index in [4.69, 9.17) is 0 Å². The molecule has 0 unspecified atom stereocenters. The topological polar surface area (TPSA) is 39.3 Å². The van der Waals surface area contributed by atoms with Crippen LogP contribution in [0.4, 0.5) is 0 Å². The summed E-state index contributed by atoms with van der Waals surface area (Å²) in [6, 6.07) is 1.83. The van der Waals surface area contributed by atoms with Gasteiger partial charge in [-0.2, -0.15) is 17.7 Å². The maximum atomic E-state index is 12.2. The van der Waals surface area contributed by atoms with E-state index in [1.54, 1.807) is 9.08 Å². The molecule has 2 aromatic rings. The number of aromatic nitrogens is 3. The maximum absolute atomic E-state index is 12.2. The Morgan fingerprint density at radius 1 is 1.47 bits per heavy atom. The lowest BCUT2D eigenvalue weighted by atomic mass is 10.1. The molecule has 4 nitrogen and oxygen atoms in total. The summed E-state index contributed by atoms with van der Waals surface area (Å²) in [6.45, 7) is 2.67. The number of hydrogen-bond donors (Lipinski definition) is 1. The third-order valence-corrected chi connectivity index (χ3v) is 4.19. The summed E-state index contributed by atoms with van der Waals surface area (Å²) in [5.41, 5.74) is 1.82. The minimum Gasteiger partial charge on any atom is -0.312 e. The summed E-state index contributed by atoms with van der Waals surface area (Å²) in [5.74, 6) is 0.850. The smallest absolute Gasteiger partial charge is 0.276 e. The normalized spacial score (nSPS) is 17.5. The minimum atomic E-state index is 0.0427. The Morgan fingerprint density at radius 2 is 2.24 bits per heavy atom. The Kier molecular flexibility index (Phi) is 2.33. The highest BCUT2D eigenvalue weighted by Gasteiger charge is 2.41. The first kappa shape index (κ1) is 10.9. The standard InChI is InChI=1S/C12H15N3OS/c1-9-6-10-11(16)14(4-5-15(10)13-9)7-12(8-17)2-3-12/h4-6,17H,2-3,7-8H2,1H3. The van der Waals surface area contributed by atoms with Crippen LogP contribution < -0.4 is 5.56 Å². The van der Waals surface area contributed by atoms with Crippen molar-refractivity contribution < 1.29 is 0 Å². The zero-order valence-corrected chi connectivity index (χ0v) is 10.7. The quantitative estimate of drug-likeness (QED) is 0.838. The summed E-state index contributed by atoms with van der Waals surface area (Å²) >= 11 is 4.37. The van der Waals surface area contributed by atoms with E-state index in [0.717, 1.165) is 18.0 Å². The molecule has 17 heavy (non-hydrogen) atoms. The summed E-state index contributed by atoms with van der Waals surface area (Å²) in [5, 5.41) is 4.24. The molecule has 1 fully saturated rings. The highest BCUT2D eigenvalue weighted by molar-refractivity contribution is 7.80. The molecule has 1 aliphatic carbocycles. The van der Waals surface area contributed by atoms with Crippen LogP contribution in [0, 0.1) is 12.3 Å². The van der Waals surface area contributed by atoms with E-state index in [2.05, 4.69) is 17.7 Å². The van der Waals surface area contributed by atoms with E-state index in [1.807, 2.05) is 25.4 Å². The molecule has 2 heterocycles. The minimum absolute atomic E-state index is 0.0427. The first-order chi connectivity index (χ1) is 8.13. The molecular formula is C12H15N3OS. The Labute approximate surface area is 105 Å². The number of nitrogens with zero attached hydrogens (tertiary/aromatic N) is 3. The fourth-order valence-corrected chi connectivity index (χ4v) is 2.59. The lowest BCUT2D eigenvalue weighted by Gasteiger charge is -2.13. The second-order valence-corrected chi connectivity index (χ2v) is 5.32. The third kappa shape index (κ3) is 1.78. The van der Waals surface area contributed by atoms with Crippen LogP contribution >= 0.6 is 12.6 Å². The summed E-state index contributed by atoms with van der Waals surface area (Å²) in [4.78, 5) is 12.2. The molecule has 0 atom stereocenters. The van der Waals surface area contributed by atoms with Gasteiger partial charge in [0, 0.05) is 18.9 Å². The molecular weight excluding hydrogens is 234 g/mol. The molecule has 1 saturated carbocycles. The van der Waals surface area contributed by atoms with Crippen molar-refractivity contribution >= 4 is 18.1 Å². The van der Waals surface area contributed by atoms with Gasteiger partial charge in [-0.05, 0) is 37.0 Å². The molecule has 0 aliphatic heterocycles. The van der Waals surface area contributed by atoms with Crippen LogP contribution in [-0.2, 0) is 6.54 Å². The third-order valence-electron chi connectivity index (χ3n) is 3.52. The summed E-state index contributed by atoms with van der Waals surface area (Å²) in [6.07, 6.45) is 6.02. The van der Waals surface area contributed by atoms with Crippen LogP contribution in [0.2, 0.25) is 0 Å². The lowest BCUT2D eigenvalue weighted by Crippen LogP contribution is -2.26. The summed E-state index contributed by atoms with van der Waals surface area (Å²) < 4.78 is 3.44. The largest absolute Gasteiger partial charge is 0.312 e.